The van der Waals surface area contributed by atoms with Gasteiger partial charge in [-0.1, -0.05) is 13.0 Å². The van der Waals surface area contributed by atoms with Crippen molar-refractivity contribution in [2.75, 3.05) is 13.8 Å². The highest BCUT2D eigenvalue weighted by Crippen LogP contribution is 2.25. The molecule has 0 fully saturated rings. The van der Waals surface area contributed by atoms with E-state index in [2.05, 4.69) is 13.8 Å². The van der Waals surface area contributed by atoms with Gasteiger partial charge in [0, 0.05) is 5.92 Å². The van der Waals surface area contributed by atoms with Crippen molar-refractivity contribution in [1.29, 1.82) is 0 Å². The van der Waals surface area contributed by atoms with Crippen LogP contribution in [0.15, 0.2) is 18.2 Å². The lowest BCUT2D eigenvalue weighted by Gasteiger charge is -2.13. The highest BCUT2D eigenvalue weighted by Gasteiger charge is 2.10. The topological polar surface area (TPSA) is 9.23 Å². The molecule has 0 saturated heterocycles. The van der Waals surface area contributed by atoms with Crippen LogP contribution in [0.1, 0.15) is 24.0 Å². The number of aryl methyl sites for hydroxylation is 1. The number of hydrogen-bond donors (Lipinski definition) is 0. The van der Waals surface area contributed by atoms with E-state index in [0.717, 1.165) is 23.3 Å². The number of benzene rings is 1. The molecule has 1 atom stereocenters. The first kappa shape index (κ1) is 11.0. The van der Waals surface area contributed by atoms with Gasteiger partial charge in [-0.25, -0.2) is 0 Å². The minimum atomic E-state index is -0.430. The van der Waals surface area contributed by atoms with Crippen LogP contribution in [0, 0.1) is 6.92 Å². The van der Waals surface area contributed by atoms with Gasteiger partial charge in [0.1, 0.15) is 5.75 Å². The van der Waals surface area contributed by atoms with E-state index in [1.165, 1.54) is 0 Å². The molecule has 1 rings (SSSR count). The molecule has 77 valence electrons. The van der Waals surface area contributed by atoms with Crippen LogP contribution in [-0.4, -0.2) is 13.8 Å². The first-order valence-electron chi connectivity index (χ1n) is 4.78. The maximum absolute atomic E-state index is 12.5. The summed E-state index contributed by atoms with van der Waals surface area (Å²) < 4.78 is 17.6. The molecule has 2 heteroatoms. The number of halogens is 1. The van der Waals surface area contributed by atoms with E-state index in [1.807, 2.05) is 18.2 Å². The predicted octanol–water partition coefficient (Wildman–Crippen LogP) is 3.14. The van der Waals surface area contributed by atoms with Crippen LogP contribution in [-0.2, 0) is 6.42 Å². The van der Waals surface area contributed by atoms with Gasteiger partial charge in [-0.05, 0) is 36.6 Å². The van der Waals surface area contributed by atoms with Gasteiger partial charge in [0.2, 0.25) is 0 Å². The lowest BCUT2D eigenvalue weighted by atomic mass is 9.95. The van der Waals surface area contributed by atoms with Crippen molar-refractivity contribution in [1.82, 2.24) is 0 Å². The Balaban J connectivity index is 3.08. The molecule has 0 bridgehead atoms. The number of ether oxygens (including phenoxy) is 1. The average Bonchev–Trinajstić information content (AvgIpc) is 2.27. The summed E-state index contributed by atoms with van der Waals surface area (Å²) in [6.07, 6.45) is 0.894. The van der Waals surface area contributed by atoms with Crippen molar-refractivity contribution in [3.63, 3.8) is 0 Å². The molecule has 1 aromatic rings. The van der Waals surface area contributed by atoms with Crippen LogP contribution in [0.4, 0.5) is 4.39 Å². The third kappa shape index (κ3) is 2.25. The second-order valence-electron chi connectivity index (χ2n) is 3.27. The van der Waals surface area contributed by atoms with Crippen molar-refractivity contribution >= 4 is 0 Å². The molecule has 1 unspecified atom stereocenters. The molecule has 0 saturated carbocycles. The summed E-state index contributed by atoms with van der Waals surface area (Å²) in [4.78, 5) is 0. The van der Waals surface area contributed by atoms with E-state index in [4.69, 9.17) is 4.74 Å². The Labute approximate surface area is 84.9 Å². The molecule has 0 spiro atoms. The minimum Gasteiger partial charge on any atom is -0.497 e. The summed E-state index contributed by atoms with van der Waals surface area (Å²) in [5.41, 5.74) is 2.10. The summed E-state index contributed by atoms with van der Waals surface area (Å²) in [6.45, 7) is 5.40. The summed E-state index contributed by atoms with van der Waals surface area (Å²) in [5, 5.41) is 0. The molecule has 0 N–H and O–H groups in total. The normalized spacial score (nSPS) is 12.6. The quantitative estimate of drug-likeness (QED) is 0.717. The van der Waals surface area contributed by atoms with Gasteiger partial charge in [0.15, 0.2) is 0 Å². The molecule has 0 aliphatic carbocycles. The standard InChI is InChI=1S/C12H16FO/c1-4-10-5-6-11(14-3)7-12(10)9(2)8-13/h5-7,9H,2,4,8H2,1,3H3. The van der Waals surface area contributed by atoms with Crippen LogP contribution < -0.4 is 4.74 Å². The Kier molecular flexibility index (Phi) is 3.93. The van der Waals surface area contributed by atoms with Gasteiger partial charge < -0.3 is 4.74 Å². The molecule has 1 radical (unpaired) electrons. The molecule has 1 nitrogen and oxygen atoms in total. The number of alkyl halides is 1. The highest BCUT2D eigenvalue weighted by molar-refractivity contribution is 5.38. The molecule has 0 aliphatic heterocycles. The molecule has 1 aromatic carbocycles. The van der Waals surface area contributed by atoms with Gasteiger partial charge in [-0.2, -0.15) is 0 Å². The Morgan fingerprint density at radius 1 is 1.50 bits per heavy atom. The Morgan fingerprint density at radius 2 is 2.21 bits per heavy atom. The van der Waals surface area contributed by atoms with Gasteiger partial charge in [-0.15, -0.1) is 0 Å². The maximum atomic E-state index is 12.5. The second-order valence-corrected chi connectivity index (χ2v) is 3.27. The van der Waals surface area contributed by atoms with Crippen LogP contribution in [0.5, 0.6) is 5.75 Å². The molecule has 14 heavy (non-hydrogen) atoms. The Hall–Kier alpha value is -1.05. The molecule has 0 heterocycles. The van der Waals surface area contributed by atoms with Crippen LogP contribution in [0.25, 0.3) is 0 Å². The summed E-state index contributed by atoms with van der Waals surface area (Å²) in [7, 11) is 1.61. The van der Waals surface area contributed by atoms with Crippen LogP contribution in [0.2, 0.25) is 0 Å². The average molecular weight is 195 g/mol. The van der Waals surface area contributed by atoms with Crippen molar-refractivity contribution in [2.24, 2.45) is 0 Å². The predicted molar refractivity (Wildman–Crippen MR) is 56.4 cm³/mol. The Bertz CT molecular complexity index is 296. The van der Waals surface area contributed by atoms with Gasteiger partial charge >= 0.3 is 0 Å². The Morgan fingerprint density at radius 3 is 2.71 bits per heavy atom. The van der Waals surface area contributed by atoms with E-state index >= 15 is 0 Å². The second kappa shape index (κ2) is 4.99. The molecular weight excluding hydrogens is 179 g/mol. The maximum Gasteiger partial charge on any atom is 0.119 e. The molecular formula is C12H16FO. The van der Waals surface area contributed by atoms with Crippen LogP contribution >= 0.6 is 0 Å². The fourth-order valence-electron chi connectivity index (χ4n) is 1.49. The van der Waals surface area contributed by atoms with Gasteiger partial charge in [0.25, 0.3) is 0 Å². The highest BCUT2D eigenvalue weighted by atomic mass is 19.1. The lowest BCUT2D eigenvalue weighted by Crippen LogP contribution is -2.01. The largest absolute Gasteiger partial charge is 0.497 e. The van der Waals surface area contributed by atoms with E-state index < -0.39 is 6.67 Å². The van der Waals surface area contributed by atoms with Crippen molar-refractivity contribution in [2.45, 2.75) is 19.3 Å². The SMILES string of the molecule is [CH2]C(CF)c1cc(OC)ccc1CC. The van der Waals surface area contributed by atoms with E-state index in [0.29, 0.717) is 0 Å². The summed E-state index contributed by atoms with van der Waals surface area (Å²) >= 11 is 0. The first-order valence-corrected chi connectivity index (χ1v) is 4.78. The number of methoxy groups -OCH3 is 1. The third-order valence-corrected chi connectivity index (χ3v) is 2.36. The zero-order valence-corrected chi connectivity index (χ0v) is 8.72. The van der Waals surface area contributed by atoms with Crippen molar-refractivity contribution in [3.8, 4) is 5.75 Å². The van der Waals surface area contributed by atoms with Gasteiger partial charge in [-0.3, -0.25) is 4.39 Å². The van der Waals surface area contributed by atoms with Crippen LogP contribution in [0.3, 0.4) is 0 Å². The minimum absolute atomic E-state index is 0.292. The monoisotopic (exact) mass is 195 g/mol. The summed E-state index contributed by atoms with van der Waals surface area (Å²) in [5.74, 6) is 0.472. The zero-order chi connectivity index (χ0) is 10.6. The first-order chi connectivity index (χ1) is 6.72. The molecule has 0 amide bonds. The molecule has 0 aromatic heterocycles. The fourth-order valence-corrected chi connectivity index (χ4v) is 1.49. The lowest BCUT2D eigenvalue weighted by molar-refractivity contribution is 0.412. The molecule has 0 aliphatic rings. The fraction of sp³-hybridized carbons (Fsp3) is 0.417. The van der Waals surface area contributed by atoms with E-state index in [1.54, 1.807) is 7.11 Å². The van der Waals surface area contributed by atoms with E-state index in [-0.39, 0.29) is 5.92 Å². The number of hydrogen-bond acceptors (Lipinski definition) is 1. The van der Waals surface area contributed by atoms with Gasteiger partial charge in [0.05, 0.1) is 13.8 Å². The van der Waals surface area contributed by atoms with Crippen molar-refractivity contribution in [3.05, 3.63) is 36.2 Å². The van der Waals surface area contributed by atoms with Crippen molar-refractivity contribution < 1.29 is 9.13 Å². The number of rotatable bonds is 4. The smallest absolute Gasteiger partial charge is 0.119 e. The zero-order valence-electron chi connectivity index (χ0n) is 8.72. The van der Waals surface area contributed by atoms with E-state index in [9.17, 15) is 4.39 Å². The summed E-state index contributed by atoms with van der Waals surface area (Å²) in [6, 6.07) is 5.74. The third-order valence-electron chi connectivity index (χ3n) is 2.36.